The molecule has 3 atom stereocenters. The van der Waals surface area contributed by atoms with Crippen LogP contribution in [0.5, 0.6) is 0 Å². The van der Waals surface area contributed by atoms with Crippen LogP contribution in [0.1, 0.15) is 44.6 Å². The summed E-state index contributed by atoms with van der Waals surface area (Å²) < 4.78 is 0. The molecule has 0 bridgehead atoms. The van der Waals surface area contributed by atoms with Crippen LogP contribution < -0.4 is 0 Å². The third-order valence-corrected chi connectivity index (χ3v) is 5.74. The van der Waals surface area contributed by atoms with E-state index in [1.54, 1.807) is 31.2 Å². The normalized spacial score (nSPS) is 27.4. The van der Waals surface area contributed by atoms with Crippen LogP contribution in [0.15, 0.2) is 30.3 Å². The van der Waals surface area contributed by atoms with Crippen LogP contribution >= 0.6 is 0 Å². The van der Waals surface area contributed by atoms with Gasteiger partial charge in [0, 0.05) is 6.42 Å². The van der Waals surface area contributed by atoms with E-state index in [1.165, 1.54) is 0 Å². The third kappa shape index (κ3) is 3.25. The van der Waals surface area contributed by atoms with Crippen molar-refractivity contribution in [1.82, 2.24) is 0 Å². The summed E-state index contributed by atoms with van der Waals surface area (Å²) in [5.74, 6) is -4.27. The molecule has 1 fully saturated rings. The van der Waals surface area contributed by atoms with Crippen LogP contribution in [-0.2, 0) is 20.8 Å². The zero-order valence-corrected chi connectivity index (χ0v) is 14.3. The number of carbonyl (C=O) groups is 3. The Labute approximate surface area is 146 Å². The SMILES string of the molecule is CC(CC(=O)O)C1(C(=O)O)CCCCC1(Cc1ccccc1)C(=O)O. The summed E-state index contributed by atoms with van der Waals surface area (Å²) in [6.45, 7) is 1.55. The summed E-state index contributed by atoms with van der Waals surface area (Å²) in [6.07, 6.45) is 1.33. The molecule has 0 radical (unpaired) electrons. The molecule has 25 heavy (non-hydrogen) atoms. The van der Waals surface area contributed by atoms with Gasteiger partial charge in [-0.15, -0.1) is 0 Å². The van der Waals surface area contributed by atoms with Gasteiger partial charge in [0.2, 0.25) is 0 Å². The number of hydrogen-bond donors (Lipinski definition) is 3. The van der Waals surface area contributed by atoms with Crippen molar-refractivity contribution >= 4 is 17.9 Å². The van der Waals surface area contributed by atoms with Crippen molar-refractivity contribution in [3.63, 3.8) is 0 Å². The molecule has 0 heterocycles. The number of hydrogen-bond acceptors (Lipinski definition) is 3. The monoisotopic (exact) mass is 348 g/mol. The second kappa shape index (κ2) is 7.25. The molecule has 1 aromatic carbocycles. The molecule has 1 aliphatic carbocycles. The quantitative estimate of drug-likeness (QED) is 0.698. The van der Waals surface area contributed by atoms with Gasteiger partial charge in [0.15, 0.2) is 0 Å². The second-order valence-electron chi connectivity index (χ2n) is 7.03. The fourth-order valence-electron chi connectivity index (χ4n) is 4.53. The smallest absolute Gasteiger partial charge is 0.311 e. The lowest BCUT2D eigenvalue weighted by Crippen LogP contribution is -2.59. The first kappa shape index (κ1) is 19.0. The van der Waals surface area contributed by atoms with Crippen LogP contribution in [0, 0.1) is 16.7 Å². The van der Waals surface area contributed by atoms with Gasteiger partial charge in [0.05, 0.1) is 10.8 Å². The molecular formula is C19H24O6. The molecule has 1 saturated carbocycles. The number of aliphatic carboxylic acids is 3. The van der Waals surface area contributed by atoms with E-state index in [9.17, 15) is 24.6 Å². The molecule has 0 saturated heterocycles. The van der Waals surface area contributed by atoms with Crippen molar-refractivity contribution in [3.8, 4) is 0 Å². The minimum atomic E-state index is -1.61. The lowest BCUT2D eigenvalue weighted by Gasteiger charge is -2.51. The second-order valence-corrected chi connectivity index (χ2v) is 7.03. The van der Waals surface area contributed by atoms with E-state index in [0.29, 0.717) is 12.8 Å². The molecule has 2 rings (SSSR count). The maximum Gasteiger partial charge on any atom is 0.311 e. The van der Waals surface area contributed by atoms with Gasteiger partial charge in [-0.2, -0.15) is 0 Å². The largest absolute Gasteiger partial charge is 0.481 e. The van der Waals surface area contributed by atoms with E-state index in [2.05, 4.69) is 0 Å². The Morgan fingerprint density at radius 1 is 1.00 bits per heavy atom. The Kier molecular flexibility index (Phi) is 5.50. The molecule has 0 aliphatic heterocycles. The highest BCUT2D eigenvalue weighted by Crippen LogP contribution is 2.58. The summed E-state index contributed by atoms with van der Waals surface area (Å²) in [4.78, 5) is 35.9. The Balaban J connectivity index is 2.60. The maximum atomic E-state index is 12.4. The van der Waals surface area contributed by atoms with Crippen molar-refractivity contribution in [3.05, 3.63) is 35.9 Å². The van der Waals surface area contributed by atoms with Gasteiger partial charge in [-0.25, -0.2) is 0 Å². The molecule has 1 aliphatic rings. The third-order valence-electron chi connectivity index (χ3n) is 5.74. The summed E-state index contributed by atoms with van der Waals surface area (Å²) in [6, 6.07) is 8.96. The van der Waals surface area contributed by atoms with Gasteiger partial charge in [-0.05, 0) is 30.7 Å². The Bertz CT molecular complexity index is 655. The van der Waals surface area contributed by atoms with E-state index in [1.807, 2.05) is 6.07 Å². The van der Waals surface area contributed by atoms with Crippen LogP contribution in [0.4, 0.5) is 0 Å². The summed E-state index contributed by atoms with van der Waals surface area (Å²) in [5, 5.41) is 29.4. The molecule has 3 N–H and O–H groups in total. The van der Waals surface area contributed by atoms with Gasteiger partial charge >= 0.3 is 17.9 Å². The maximum absolute atomic E-state index is 12.4. The number of benzene rings is 1. The van der Waals surface area contributed by atoms with E-state index in [0.717, 1.165) is 5.56 Å². The van der Waals surface area contributed by atoms with Crippen molar-refractivity contribution in [2.45, 2.75) is 45.4 Å². The molecule has 0 spiro atoms. The van der Waals surface area contributed by atoms with Crippen molar-refractivity contribution in [1.29, 1.82) is 0 Å². The highest BCUT2D eigenvalue weighted by Gasteiger charge is 2.64. The predicted octanol–water partition coefficient (Wildman–Crippen LogP) is 3.06. The molecule has 6 heteroatoms. The van der Waals surface area contributed by atoms with Crippen LogP contribution in [-0.4, -0.2) is 33.2 Å². The number of carboxylic acid groups (broad SMARTS) is 3. The summed E-state index contributed by atoms with van der Waals surface area (Å²) in [7, 11) is 0. The number of rotatable bonds is 7. The minimum Gasteiger partial charge on any atom is -0.481 e. The molecule has 0 aromatic heterocycles. The average molecular weight is 348 g/mol. The fourth-order valence-corrected chi connectivity index (χ4v) is 4.53. The highest BCUT2D eigenvalue weighted by atomic mass is 16.4. The van der Waals surface area contributed by atoms with E-state index in [4.69, 9.17) is 5.11 Å². The first-order chi connectivity index (χ1) is 11.8. The molecule has 3 unspecified atom stereocenters. The topological polar surface area (TPSA) is 112 Å². The van der Waals surface area contributed by atoms with E-state index < -0.39 is 34.7 Å². The first-order valence-electron chi connectivity index (χ1n) is 8.49. The summed E-state index contributed by atoms with van der Waals surface area (Å²) >= 11 is 0. The van der Waals surface area contributed by atoms with Crippen LogP contribution in [0.3, 0.4) is 0 Å². The van der Waals surface area contributed by atoms with Crippen molar-refractivity contribution in [2.75, 3.05) is 0 Å². The predicted molar refractivity (Wildman–Crippen MR) is 90.2 cm³/mol. The number of carboxylic acids is 3. The molecular weight excluding hydrogens is 324 g/mol. The lowest BCUT2D eigenvalue weighted by atomic mass is 9.49. The molecule has 6 nitrogen and oxygen atoms in total. The Hall–Kier alpha value is -2.37. The highest BCUT2D eigenvalue weighted by molar-refractivity contribution is 5.88. The molecule has 1 aromatic rings. The summed E-state index contributed by atoms with van der Waals surface area (Å²) in [5.41, 5.74) is -2.38. The van der Waals surface area contributed by atoms with Gasteiger partial charge < -0.3 is 15.3 Å². The van der Waals surface area contributed by atoms with Gasteiger partial charge in [0.25, 0.3) is 0 Å². The Morgan fingerprint density at radius 2 is 1.60 bits per heavy atom. The van der Waals surface area contributed by atoms with Crippen LogP contribution in [0.2, 0.25) is 0 Å². The minimum absolute atomic E-state index is 0.0828. The van der Waals surface area contributed by atoms with Gasteiger partial charge in [-0.1, -0.05) is 50.1 Å². The van der Waals surface area contributed by atoms with E-state index >= 15 is 0 Å². The van der Waals surface area contributed by atoms with E-state index in [-0.39, 0.29) is 25.7 Å². The Morgan fingerprint density at radius 3 is 2.12 bits per heavy atom. The van der Waals surface area contributed by atoms with Gasteiger partial charge in [0.1, 0.15) is 0 Å². The molecule has 136 valence electrons. The van der Waals surface area contributed by atoms with Crippen molar-refractivity contribution < 1.29 is 29.7 Å². The fraction of sp³-hybridized carbons (Fsp3) is 0.526. The molecule has 0 amide bonds. The average Bonchev–Trinajstić information content (AvgIpc) is 2.55. The zero-order chi connectivity index (χ0) is 18.7. The van der Waals surface area contributed by atoms with Crippen LogP contribution in [0.25, 0.3) is 0 Å². The van der Waals surface area contributed by atoms with Crippen molar-refractivity contribution in [2.24, 2.45) is 16.7 Å². The lowest BCUT2D eigenvalue weighted by molar-refractivity contribution is -0.188. The van der Waals surface area contributed by atoms with Gasteiger partial charge in [-0.3, -0.25) is 14.4 Å². The first-order valence-corrected chi connectivity index (χ1v) is 8.49. The standard InChI is InChI=1S/C19H24O6/c1-13(11-15(20)21)19(17(24)25)10-6-5-9-18(19,16(22)23)12-14-7-3-2-4-8-14/h2-4,7-8,13H,5-6,9-12H2,1H3,(H,20,21)(H,22,23)(H,24,25). The zero-order valence-electron chi connectivity index (χ0n) is 14.3.